The van der Waals surface area contributed by atoms with E-state index in [-0.39, 0.29) is 5.56 Å². The van der Waals surface area contributed by atoms with E-state index < -0.39 is 17.7 Å². The molecule has 94 valence electrons. The van der Waals surface area contributed by atoms with E-state index in [1.165, 1.54) is 13.0 Å². The number of oxime groups is 1. The minimum absolute atomic E-state index is 0.0530. The molecule has 0 fully saturated rings. The van der Waals surface area contributed by atoms with Crippen LogP contribution < -0.4 is 0 Å². The number of hydrogen-bond acceptors (Lipinski definition) is 3. The van der Waals surface area contributed by atoms with Gasteiger partial charge in [-0.1, -0.05) is 5.16 Å². The maximum absolute atomic E-state index is 13.3. The first-order valence-corrected chi connectivity index (χ1v) is 5.49. The molecule has 0 aliphatic heterocycles. The van der Waals surface area contributed by atoms with Gasteiger partial charge in [0.15, 0.2) is 0 Å². The Labute approximate surface area is 99.3 Å². The summed E-state index contributed by atoms with van der Waals surface area (Å²) in [7, 11) is 0. The van der Waals surface area contributed by atoms with Crippen molar-refractivity contribution in [1.82, 2.24) is 0 Å². The maximum atomic E-state index is 13.3. The van der Waals surface area contributed by atoms with Crippen molar-refractivity contribution in [1.29, 1.82) is 0 Å². The molecule has 0 radical (unpaired) electrons. The first kappa shape index (κ1) is 13.8. The van der Waals surface area contributed by atoms with Gasteiger partial charge < -0.3 is 5.21 Å². The van der Waals surface area contributed by atoms with E-state index in [0.29, 0.717) is 22.2 Å². The van der Waals surface area contributed by atoms with Gasteiger partial charge in [-0.25, -0.2) is 4.39 Å². The molecule has 1 aromatic carbocycles. The molecule has 2 nitrogen and oxygen atoms in total. The van der Waals surface area contributed by atoms with Gasteiger partial charge >= 0.3 is 6.18 Å². The minimum Gasteiger partial charge on any atom is -0.411 e. The number of alkyl halides is 3. The van der Waals surface area contributed by atoms with Crippen LogP contribution >= 0.6 is 11.8 Å². The van der Waals surface area contributed by atoms with Crippen molar-refractivity contribution in [2.24, 2.45) is 5.16 Å². The number of benzene rings is 1. The number of halogens is 4. The quantitative estimate of drug-likeness (QED) is 0.298. The molecule has 0 saturated heterocycles. The SMILES string of the molecule is Cc1cc(F)c(/C=N/O)cc1SCC(F)(F)F. The molecule has 17 heavy (non-hydrogen) atoms. The highest BCUT2D eigenvalue weighted by Crippen LogP contribution is 2.30. The van der Waals surface area contributed by atoms with Crippen LogP contribution in [-0.4, -0.2) is 23.4 Å². The fraction of sp³-hybridized carbons (Fsp3) is 0.300. The molecule has 0 aliphatic rings. The van der Waals surface area contributed by atoms with Gasteiger partial charge in [0.1, 0.15) is 5.82 Å². The van der Waals surface area contributed by atoms with E-state index in [4.69, 9.17) is 5.21 Å². The smallest absolute Gasteiger partial charge is 0.398 e. The lowest BCUT2D eigenvalue weighted by Gasteiger charge is -2.09. The monoisotopic (exact) mass is 267 g/mol. The highest BCUT2D eigenvalue weighted by molar-refractivity contribution is 7.99. The molecule has 1 aromatic rings. The van der Waals surface area contributed by atoms with E-state index >= 15 is 0 Å². The van der Waals surface area contributed by atoms with Crippen LogP contribution in [0.3, 0.4) is 0 Å². The van der Waals surface area contributed by atoms with Crippen molar-refractivity contribution in [2.75, 3.05) is 5.75 Å². The van der Waals surface area contributed by atoms with Gasteiger partial charge in [-0.2, -0.15) is 13.2 Å². The number of thioether (sulfide) groups is 1. The normalized spacial score (nSPS) is 12.3. The van der Waals surface area contributed by atoms with Gasteiger partial charge in [0.2, 0.25) is 0 Å². The van der Waals surface area contributed by atoms with Crippen LogP contribution in [0.5, 0.6) is 0 Å². The summed E-state index contributed by atoms with van der Waals surface area (Å²) in [6.07, 6.45) is -3.44. The summed E-state index contributed by atoms with van der Waals surface area (Å²) in [6, 6.07) is 2.33. The van der Waals surface area contributed by atoms with Crippen molar-refractivity contribution in [3.63, 3.8) is 0 Å². The van der Waals surface area contributed by atoms with Crippen LogP contribution in [0.2, 0.25) is 0 Å². The second kappa shape index (κ2) is 5.39. The van der Waals surface area contributed by atoms with Crippen LogP contribution in [0.25, 0.3) is 0 Å². The largest absolute Gasteiger partial charge is 0.411 e. The second-order valence-corrected chi connectivity index (χ2v) is 4.30. The van der Waals surface area contributed by atoms with Crippen molar-refractivity contribution in [3.05, 3.63) is 29.1 Å². The molecule has 0 spiro atoms. The zero-order chi connectivity index (χ0) is 13.1. The molecule has 1 rings (SSSR count). The standard InChI is InChI=1S/C10H9F4NOS/c1-6-2-8(11)7(4-15-16)3-9(6)17-5-10(12,13)14/h2-4,16H,5H2,1H3/b15-4+. The van der Waals surface area contributed by atoms with E-state index in [1.54, 1.807) is 0 Å². The van der Waals surface area contributed by atoms with Crippen LogP contribution in [-0.2, 0) is 0 Å². The second-order valence-electron chi connectivity index (χ2n) is 3.29. The molecule has 0 amide bonds. The van der Waals surface area contributed by atoms with Gasteiger partial charge in [0, 0.05) is 10.5 Å². The van der Waals surface area contributed by atoms with Gasteiger partial charge in [0.25, 0.3) is 0 Å². The zero-order valence-corrected chi connectivity index (χ0v) is 9.57. The van der Waals surface area contributed by atoms with Crippen molar-refractivity contribution in [2.45, 2.75) is 18.0 Å². The molecule has 0 bridgehead atoms. The first-order chi connectivity index (χ1) is 7.83. The average molecular weight is 267 g/mol. The number of hydrogen-bond donors (Lipinski definition) is 1. The summed E-state index contributed by atoms with van der Waals surface area (Å²) >= 11 is 0.568. The van der Waals surface area contributed by atoms with Gasteiger partial charge in [-0.05, 0) is 24.6 Å². The van der Waals surface area contributed by atoms with Gasteiger partial charge in [0.05, 0.1) is 12.0 Å². The van der Waals surface area contributed by atoms with Gasteiger partial charge in [-0.3, -0.25) is 0 Å². The fourth-order valence-electron chi connectivity index (χ4n) is 1.14. The number of rotatable bonds is 3. The topological polar surface area (TPSA) is 32.6 Å². The Morgan fingerprint density at radius 2 is 2.06 bits per heavy atom. The predicted molar refractivity (Wildman–Crippen MR) is 57.3 cm³/mol. The third-order valence-corrected chi connectivity index (χ3v) is 3.10. The van der Waals surface area contributed by atoms with E-state index in [0.717, 1.165) is 12.3 Å². The van der Waals surface area contributed by atoms with Crippen molar-refractivity contribution in [3.8, 4) is 0 Å². The predicted octanol–water partition coefficient (Wildman–Crippen LogP) is 3.60. The lowest BCUT2D eigenvalue weighted by Crippen LogP contribution is -2.10. The summed E-state index contributed by atoms with van der Waals surface area (Å²) in [4.78, 5) is 0.304. The third-order valence-electron chi connectivity index (χ3n) is 1.88. The molecular weight excluding hydrogens is 258 g/mol. The average Bonchev–Trinajstić information content (AvgIpc) is 2.19. The van der Waals surface area contributed by atoms with Crippen molar-refractivity contribution >= 4 is 18.0 Å². The zero-order valence-electron chi connectivity index (χ0n) is 8.75. The highest BCUT2D eigenvalue weighted by atomic mass is 32.2. The van der Waals surface area contributed by atoms with Crippen molar-refractivity contribution < 1.29 is 22.8 Å². The minimum atomic E-state index is -4.28. The summed E-state index contributed by atoms with van der Waals surface area (Å²) in [5, 5.41) is 10.9. The third kappa shape index (κ3) is 4.26. The summed E-state index contributed by atoms with van der Waals surface area (Å²) in [5.41, 5.74) is 0.356. The highest BCUT2D eigenvalue weighted by Gasteiger charge is 2.27. The fourth-order valence-corrected chi connectivity index (χ4v) is 1.96. The first-order valence-electron chi connectivity index (χ1n) is 4.50. The molecule has 0 atom stereocenters. The molecule has 0 unspecified atom stereocenters. The van der Waals surface area contributed by atoms with Crippen LogP contribution in [0, 0.1) is 12.7 Å². The Morgan fingerprint density at radius 1 is 1.41 bits per heavy atom. The molecule has 0 heterocycles. The van der Waals surface area contributed by atoms with E-state index in [1.807, 2.05) is 0 Å². The molecule has 0 aliphatic carbocycles. The molecule has 7 heteroatoms. The number of aryl methyl sites for hydroxylation is 1. The summed E-state index contributed by atoms with van der Waals surface area (Å²) in [6.45, 7) is 1.52. The van der Waals surface area contributed by atoms with Crippen LogP contribution in [0.15, 0.2) is 22.2 Å². The Morgan fingerprint density at radius 3 is 2.59 bits per heavy atom. The molecule has 0 aromatic heterocycles. The Kier molecular flexibility index (Phi) is 4.39. The Hall–Kier alpha value is -1.24. The van der Waals surface area contributed by atoms with E-state index in [9.17, 15) is 17.6 Å². The Balaban J connectivity index is 2.96. The molecular formula is C10H9F4NOS. The summed E-state index contributed by atoms with van der Waals surface area (Å²) in [5.74, 6) is -1.69. The van der Waals surface area contributed by atoms with Gasteiger partial charge in [-0.15, -0.1) is 11.8 Å². The summed E-state index contributed by atoms with van der Waals surface area (Å²) < 4.78 is 49.4. The molecule has 0 saturated carbocycles. The Bertz CT molecular complexity index is 431. The number of nitrogens with zero attached hydrogens (tertiary/aromatic N) is 1. The van der Waals surface area contributed by atoms with Crippen LogP contribution in [0.4, 0.5) is 17.6 Å². The maximum Gasteiger partial charge on any atom is 0.398 e. The van der Waals surface area contributed by atoms with Crippen LogP contribution in [0.1, 0.15) is 11.1 Å². The lowest BCUT2D eigenvalue weighted by molar-refractivity contribution is -0.105. The lowest BCUT2D eigenvalue weighted by atomic mass is 10.1. The van der Waals surface area contributed by atoms with E-state index in [2.05, 4.69) is 5.16 Å². The molecule has 1 N–H and O–H groups in total.